The molecule has 5 heteroatoms. The lowest BCUT2D eigenvalue weighted by Crippen LogP contribution is -2.09. The number of halogens is 2. The zero-order valence-corrected chi connectivity index (χ0v) is 10.1. The minimum atomic E-state index is -0.594. The number of alkyl halides is 1. The van der Waals surface area contributed by atoms with Crippen molar-refractivity contribution < 1.29 is 13.9 Å². The highest BCUT2D eigenvalue weighted by Gasteiger charge is 2.13. The first kappa shape index (κ1) is 13.5. The van der Waals surface area contributed by atoms with Gasteiger partial charge in [-0.25, -0.2) is 4.39 Å². The molecule has 0 heterocycles. The number of hydrogen-bond acceptors (Lipinski definition) is 3. The highest BCUT2D eigenvalue weighted by Crippen LogP contribution is 2.18. The molecule has 0 unspecified atom stereocenters. The molecular weight excluding hydrogens is 245 g/mol. The average Bonchev–Trinajstić information content (AvgIpc) is 2.31. The molecule has 0 aliphatic heterocycles. The molecule has 0 amide bonds. The van der Waals surface area contributed by atoms with E-state index in [9.17, 15) is 9.18 Å². The normalized spacial score (nSPS) is 9.76. The largest absolute Gasteiger partial charge is 0.466 e. The van der Waals surface area contributed by atoms with Gasteiger partial charge in [-0.05, 0) is 30.2 Å². The van der Waals surface area contributed by atoms with Crippen LogP contribution in [-0.2, 0) is 21.8 Å². The van der Waals surface area contributed by atoms with E-state index in [1.165, 1.54) is 6.07 Å². The lowest BCUT2D eigenvalue weighted by molar-refractivity contribution is -0.142. The summed E-state index contributed by atoms with van der Waals surface area (Å²) in [5.74, 6) is -1.00. The summed E-state index contributed by atoms with van der Waals surface area (Å²) < 4.78 is 18.3. The first-order valence-corrected chi connectivity index (χ1v) is 5.58. The van der Waals surface area contributed by atoms with Crippen molar-refractivity contribution in [3.63, 3.8) is 0 Å². The van der Waals surface area contributed by atoms with Crippen LogP contribution in [0.25, 0.3) is 0 Å². The van der Waals surface area contributed by atoms with E-state index < -0.39 is 11.8 Å². The van der Waals surface area contributed by atoms with E-state index >= 15 is 0 Å². The van der Waals surface area contributed by atoms with E-state index in [0.29, 0.717) is 5.56 Å². The van der Waals surface area contributed by atoms with Crippen LogP contribution in [-0.4, -0.2) is 12.6 Å². The summed E-state index contributed by atoms with van der Waals surface area (Å²) >= 11 is 5.64. The molecule has 3 nitrogen and oxygen atoms in total. The Labute approximate surface area is 104 Å². The second-order valence-electron chi connectivity index (χ2n) is 3.33. The van der Waals surface area contributed by atoms with Gasteiger partial charge in [0.25, 0.3) is 0 Å². The maximum Gasteiger partial charge on any atom is 0.310 e. The molecule has 17 heavy (non-hydrogen) atoms. The predicted molar refractivity (Wildman–Crippen MR) is 61.0 cm³/mol. The Hall–Kier alpha value is -1.60. The zero-order valence-electron chi connectivity index (χ0n) is 9.30. The third-order valence-corrected chi connectivity index (χ3v) is 2.46. The van der Waals surface area contributed by atoms with Crippen molar-refractivity contribution in [2.75, 3.05) is 6.61 Å². The molecular formula is C12H11ClFNO2. The summed E-state index contributed by atoms with van der Waals surface area (Å²) in [5, 5.41) is 8.76. The molecule has 0 aliphatic rings. The highest BCUT2D eigenvalue weighted by atomic mass is 35.5. The number of hydrogen-bond donors (Lipinski definition) is 0. The SMILES string of the molecule is CCOC(=O)Cc1cc(CCl)c(C#N)cc1F. The van der Waals surface area contributed by atoms with E-state index in [-0.39, 0.29) is 30.0 Å². The van der Waals surface area contributed by atoms with Gasteiger partial charge in [-0.3, -0.25) is 4.79 Å². The van der Waals surface area contributed by atoms with Crippen molar-refractivity contribution in [1.29, 1.82) is 5.26 Å². The molecule has 0 radical (unpaired) electrons. The van der Waals surface area contributed by atoms with Crippen LogP contribution in [0, 0.1) is 17.1 Å². The Bertz CT molecular complexity index is 468. The van der Waals surface area contributed by atoms with Crippen LogP contribution in [0.4, 0.5) is 4.39 Å². The minimum absolute atomic E-state index is 0.0962. The molecule has 0 saturated heterocycles. The Morgan fingerprint density at radius 3 is 2.76 bits per heavy atom. The summed E-state index contributed by atoms with van der Waals surface area (Å²) in [6, 6.07) is 4.37. The molecule has 0 aromatic heterocycles. The molecule has 1 aromatic rings. The van der Waals surface area contributed by atoms with Crippen molar-refractivity contribution in [3.05, 3.63) is 34.6 Å². The number of carbonyl (C=O) groups is 1. The van der Waals surface area contributed by atoms with Crippen molar-refractivity contribution in [2.24, 2.45) is 0 Å². The van der Waals surface area contributed by atoms with E-state index in [4.69, 9.17) is 21.6 Å². The maximum absolute atomic E-state index is 13.6. The molecule has 90 valence electrons. The first-order chi connectivity index (χ1) is 8.12. The quantitative estimate of drug-likeness (QED) is 0.614. The van der Waals surface area contributed by atoms with Crippen LogP contribution >= 0.6 is 11.6 Å². The molecule has 0 fully saturated rings. The van der Waals surface area contributed by atoms with Gasteiger partial charge in [0.05, 0.1) is 24.7 Å². The third kappa shape index (κ3) is 3.43. The van der Waals surface area contributed by atoms with E-state index in [1.54, 1.807) is 6.92 Å². The molecule has 1 rings (SSSR count). The Balaban J connectivity index is 3.01. The van der Waals surface area contributed by atoms with Gasteiger partial charge < -0.3 is 4.74 Å². The van der Waals surface area contributed by atoms with Crippen LogP contribution in [0.1, 0.15) is 23.6 Å². The van der Waals surface area contributed by atoms with Gasteiger partial charge in [0.15, 0.2) is 0 Å². The molecule has 1 aromatic carbocycles. The lowest BCUT2D eigenvalue weighted by Gasteiger charge is -2.07. The number of carbonyl (C=O) groups excluding carboxylic acids is 1. The number of nitriles is 1. The average molecular weight is 256 g/mol. The van der Waals surface area contributed by atoms with E-state index in [0.717, 1.165) is 6.07 Å². The maximum atomic E-state index is 13.6. The van der Waals surface area contributed by atoms with Gasteiger partial charge in [-0.1, -0.05) is 0 Å². The Morgan fingerprint density at radius 1 is 1.53 bits per heavy atom. The molecule has 0 aliphatic carbocycles. The second kappa shape index (κ2) is 6.21. The van der Waals surface area contributed by atoms with Gasteiger partial charge >= 0.3 is 5.97 Å². The Morgan fingerprint density at radius 2 is 2.24 bits per heavy atom. The summed E-state index contributed by atoms with van der Waals surface area (Å²) in [6.07, 6.45) is -0.157. The lowest BCUT2D eigenvalue weighted by atomic mass is 10.0. The van der Waals surface area contributed by atoms with Crippen molar-refractivity contribution >= 4 is 17.6 Å². The molecule has 0 bridgehead atoms. The van der Waals surface area contributed by atoms with Crippen LogP contribution in [0.5, 0.6) is 0 Å². The number of benzene rings is 1. The van der Waals surface area contributed by atoms with Crippen molar-refractivity contribution in [2.45, 2.75) is 19.2 Å². The summed E-state index contributed by atoms with van der Waals surface area (Å²) in [4.78, 5) is 11.2. The predicted octanol–water partition coefficient (Wildman–Crippen LogP) is 2.54. The van der Waals surface area contributed by atoms with Crippen LogP contribution < -0.4 is 0 Å². The molecule has 0 N–H and O–H groups in total. The standard InChI is InChI=1S/C12H11ClFNO2/c1-2-17-12(16)5-8-3-9(6-13)10(7-15)4-11(8)14/h3-4H,2,5-6H2,1H3. The summed E-state index contributed by atoms with van der Waals surface area (Å²) in [5.41, 5.74) is 0.887. The topological polar surface area (TPSA) is 50.1 Å². The highest BCUT2D eigenvalue weighted by molar-refractivity contribution is 6.17. The Kier molecular flexibility index (Phi) is 4.92. The summed E-state index contributed by atoms with van der Waals surface area (Å²) in [7, 11) is 0. The number of esters is 1. The van der Waals surface area contributed by atoms with E-state index in [2.05, 4.69) is 0 Å². The summed E-state index contributed by atoms with van der Waals surface area (Å²) in [6.45, 7) is 1.93. The van der Waals surface area contributed by atoms with Crippen LogP contribution in [0.15, 0.2) is 12.1 Å². The minimum Gasteiger partial charge on any atom is -0.466 e. The fourth-order valence-electron chi connectivity index (χ4n) is 1.39. The van der Waals surface area contributed by atoms with Crippen LogP contribution in [0.2, 0.25) is 0 Å². The monoisotopic (exact) mass is 255 g/mol. The molecule has 0 spiro atoms. The first-order valence-electron chi connectivity index (χ1n) is 5.05. The number of ether oxygens (including phenoxy) is 1. The van der Waals surface area contributed by atoms with Gasteiger partial charge in [0, 0.05) is 5.88 Å². The smallest absolute Gasteiger partial charge is 0.310 e. The van der Waals surface area contributed by atoms with Crippen LogP contribution in [0.3, 0.4) is 0 Å². The fraction of sp³-hybridized carbons (Fsp3) is 0.333. The molecule has 0 atom stereocenters. The second-order valence-corrected chi connectivity index (χ2v) is 3.60. The number of rotatable bonds is 4. The van der Waals surface area contributed by atoms with Gasteiger partial charge in [0.1, 0.15) is 5.82 Å². The number of nitrogens with zero attached hydrogens (tertiary/aromatic N) is 1. The third-order valence-electron chi connectivity index (χ3n) is 2.18. The van der Waals surface area contributed by atoms with Gasteiger partial charge in [-0.2, -0.15) is 5.26 Å². The van der Waals surface area contributed by atoms with Crippen molar-refractivity contribution in [1.82, 2.24) is 0 Å². The molecule has 0 saturated carbocycles. The van der Waals surface area contributed by atoms with Gasteiger partial charge in [0.2, 0.25) is 0 Å². The van der Waals surface area contributed by atoms with Gasteiger partial charge in [-0.15, -0.1) is 11.6 Å². The van der Waals surface area contributed by atoms with Crippen molar-refractivity contribution in [3.8, 4) is 6.07 Å². The zero-order chi connectivity index (χ0) is 12.8. The van der Waals surface area contributed by atoms with E-state index in [1.807, 2.05) is 6.07 Å². The fourth-order valence-corrected chi connectivity index (χ4v) is 1.61.